The summed E-state index contributed by atoms with van der Waals surface area (Å²) in [7, 11) is 0. The summed E-state index contributed by atoms with van der Waals surface area (Å²) in [4.78, 5) is 4.78. The third kappa shape index (κ3) is 2.46. The Labute approximate surface area is 140 Å². The van der Waals surface area contributed by atoms with Crippen LogP contribution in [0.1, 0.15) is 30.3 Å². The summed E-state index contributed by atoms with van der Waals surface area (Å²) < 4.78 is 13.2. The number of nitriles is 1. The predicted octanol–water partition coefficient (Wildman–Crippen LogP) is 3.64. The monoisotopic (exact) mass is 319 g/mol. The highest BCUT2D eigenvalue weighted by Crippen LogP contribution is 2.36. The first-order valence-electron chi connectivity index (χ1n) is 8.06. The fourth-order valence-corrected chi connectivity index (χ4v) is 3.02. The number of imidazole rings is 1. The Morgan fingerprint density at radius 3 is 2.62 bits per heavy atom. The van der Waals surface area contributed by atoms with Crippen molar-refractivity contribution in [3.8, 4) is 17.6 Å². The van der Waals surface area contributed by atoms with Crippen LogP contribution in [0.4, 0.5) is 0 Å². The Morgan fingerprint density at radius 2 is 1.92 bits per heavy atom. The molecule has 2 heterocycles. The summed E-state index contributed by atoms with van der Waals surface area (Å²) >= 11 is 0. The molecule has 0 fully saturated rings. The molecule has 120 valence electrons. The fourth-order valence-electron chi connectivity index (χ4n) is 3.02. The second-order valence-corrected chi connectivity index (χ2v) is 5.87. The van der Waals surface area contributed by atoms with E-state index in [0.717, 1.165) is 53.3 Å². The molecular formula is C19H17N3O2. The number of rotatable bonds is 4. The van der Waals surface area contributed by atoms with Gasteiger partial charge in [0.25, 0.3) is 0 Å². The van der Waals surface area contributed by atoms with Gasteiger partial charge in [0.2, 0.25) is 6.79 Å². The highest BCUT2D eigenvalue weighted by molar-refractivity contribution is 5.81. The smallest absolute Gasteiger partial charge is 0.231 e. The van der Waals surface area contributed by atoms with Gasteiger partial charge in [-0.05, 0) is 24.1 Å². The van der Waals surface area contributed by atoms with Gasteiger partial charge in [-0.15, -0.1) is 0 Å². The first-order chi connectivity index (χ1) is 11.8. The zero-order valence-corrected chi connectivity index (χ0v) is 13.5. The molecular weight excluding hydrogens is 302 g/mol. The first kappa shape index (κ1) is 14.6. The maximum Gasteiger partial charge on any atom is 0.231 e. The lowest BCUT2D eigenvalue weighted by molar-refractivity contribution is 0.174. The summed E-state index contributed by atoms with van der Waals surface area (Å²) in [6, 6.07) is 13.8. The molecule has 2 aromatic carbocycles. The van der Waals surface area contributed by atoms with Crippen LogP contribution in [-0.4, -0.2) is 16.3 Å². The van der Waals surface area contributed by atoms with Crippen molar-refractivity contribution in [3.63, 3.8) is 0 Å². The average Bonchev–Trinajstić information content (AvgIpc) is 3.18. The SMILES string of the molecule is CCCc1nc2cc3c(cc2n1Cc1ccc(C#N)cc1)OCO3. The molecule has 5 heteroatoms. The average molecular weight is 319 g/mol. The Hall–Kier alpha value is -3.00. The topological polar surface area (TPSA) is 60.1 Å². The molecule has 0 aliphatic carbocycles. The number of benzene rings is 2. The van der Waals surface area contributed by atoms with Gasteiger partial charge in [0.1, 0.15) is 5.82 Å². The molecule has 4 rings (SSSR count). The van der Waals surface area contributed by atoms with Crippen LogP contribution in [0.3, 0.4) is 0 Å². The van der Waals surface area contributed by atoms with E-state index >= 15 is 0 Å². The predicted molar refractivity (Wildman–Crippen MR) is 90.1 cm³/mol. The lowest BCUT2D eigenvalue weighted by Crippen LogP contribution is -2.05. The Balaban J connectivity index is 1.79. The standard InChI is InChI=1S/C19H17N3O2/c1-2-3-19-21-15-8-17-18(24-12-23-17)9-16(15)22(19)11-14-6-4-13(10-20)5-7-14/h4-9H,2-3,11-12H2,1H3. The van der Waals surface area contributed by atoms with Crippen LogP contribution >= 0.6 is 0 Å². The Bertz CT molecular complexity index is 936. The van der Waals surface area contributed by atoms with Crippen LogP contribution in [0.2, 0.25) is 0 Å². The van der Waals surface area contributed by atoms with E-state index < -0.39 is 0 Å². The lowest BCUT2D eigenvalue weighted by atomic mass is 10.1. The van der Waals surface area contributed by atoms with Crippen molar-refractivity contribution >= 4 is 11.0 Å². The first-order valence-corrected chi connectivity index (χ1v) is 8.06. The number of ether oxygens (including phenoxy) is 2. The normalized spacial score (nSPS) is 12.5. The van der Waals surface area contributed by atoms with Crippen molar-refractivity contribution in [1.82, 2.24) is 9.55 Å². The molecule has 0 saturated heterocycles. The van der Waals surface area contributed by atoms with Crippen LogP contribution in [0.15, 0.2) is 36.4 Å². The van der Waals surface area contributed by atoms with Gasteiger partial charge in [-0.1, -0.05) is 19.1 Å². The zero-order chi connectivity index (χ0) is 16.5. The fraction of sp³-hybridized carbons (Fsp3) is 0.263. The number of aromatic nitrogens is 2. The molecule has 0 atom stereocenters. The van der Waals surface area contributed by atoms with Crippen molar-refractivity contribution in [3.05, 3.63) is 53.3 Å². The number of hydrogen-bond donors (Lipinski definition) is 0. The van der Waals surface area contributed by atoms with Crippen LogP contribution in [0.25, 0.3) is 11.0 Å². The van der Waals surface area contributed by atoms with E-state index in [4.69, 9.17) is 19.7 Å². The van der Waals surface area contributed by atoms with Crippen LogP contribution in [-0.2, 0) is 13.0 Å². The van der Waals surface area contributed by atoms with Crippen molar-refractivity contribution in [2.75, 3.05) is 6.79 Å². The van der Waals surface area contributed by atoms with E-state index in [1.807, 2.05) is 36.4 Å². The quantitative estimate of drug-likeness (QED) is 0.736. The number of nitrogens with zero attached hydrogens (tertiary/aromatic N) is 3. The van der Waals surface area contributed by atoms with Crippen molar-refractivity contribution in [2.24, 2.45) is 0 Å². The van der Waals surface area contributed by atoms with E-state index in [1.54, 1.807) is 0 Å². The van der Waals surface area contributed by atoms with Gasteiger partial charge in [-0.25, -0.2) is 4.98 Å². The van der Waals surface area contributed by atoms with Crippen molar-refractivity contribution in [2.45, 2.75) is 26.3 Å². The van der Waals surface area contributed by atoms with E-state index in [-0.39, 0.29) is 6.79 Å². The van der Waals surface area contributed by atoms with Gasteiger partial charge in [-0.3, -0.25) is 0 Å². The van der Waals surface area contributed by atoms with E-state index in [9.17, 15) is 0 Å². The maximum absolute atomic E-state index is 8.94. The van der Waals surface area contributed by atoms with E-state index in [1.165, 1.54) is 0 Å². The number of aryl methyl sites for hydroxylation is 1. The summed E-state index contributed by atoms with van der Waals surface area (Å²) in [6.07, 6.45) is 1.95. The van der Waals surface area contributed by atoms with Gasteiger partial charge in [-0.2, -0.15) is 5.26 Å². The molecule has 24 heavy (non-hydrogen) atoms. The Kier molecular flexibility index (Phi) is 3.58. The molecule has 1 aliphatic rings. The van der Waals surface area contributed by atoms with Gasteiger partial charge in [0.15, 0.2) is 11.5 Å². The molecule has 1 aromatic heterocycles. The minimum atomic E-state index is 0.263. The highest BCUT2D eigenvalue weighted by atomic mass is 16.7. The largest absolute Gasteiger partial charge is 0.454 e. The summed E-state index contributed by atoms with van der Waals surface area (Å²) in [5.41, 5.74) is 3.79. The van der Waals surface area contributed by atoms with Crippen LogP contribution in [0.5, 0.6) is 11.5 Å². The summed E-state index contributed by atoms with van der Waals surface area (Å²) in [5, 5.41) is 8.94. The minimum Gasteiger partial charge on any atom is -0.454 e. The molecule has 0 radical (unpaired) electrons. The second kappa shape index (κ2) is 5.89. The minimum absolute atomic E-state index is 0.263. The van der Waals surface area contributed by atoms with Gasteiger partial charge in [0, 0.05) is 25.1 Å². The summed E-state index contributed by atoms with van der Waals surface area (Å²) in [6.45, 7) is 3.13. The highest BCUT2D eigenvalue weighted by Gasteiger charge is 2.19. The molecule has 0 unspecified atom stereocenters. The van der Waals surface area contributed by atoms with Gasteiger partial charge in [0.05, 0.1) is 22.7 Å². The van der Waals surface area contributed by atoms with Gasteiger partial charge >= 0.3 is 0 Å². The second-order valence-electron chi connectivity index (χ2n) is 5.87. The van der Waals surface area contributed by atoms with Crippen LogP contribution < -0.4 is 9.47 Å². The summed E-state index contributed by atoms with van der Waals surface area (Å²) in [5.74, 6) is 2.58. The molecule has 3 aromatic rings. The number of hydrogen-bond acceptors (Lipinski definition) is 4. The lowest BCUT2D eigenvalue weighted by Gasteiger charge is -2.09. The molecule has 0 saturated carbocycles. The van der Waals surface area contributed by atoms with Crippen molar-refractivity contribution in [1.29, 1.82) is 5.26 Å². The van der Waals surface area contributed by atoms with E-state index in [0.29, 0.717) is 5.56 Å². The molecule has 5 nitrogen and oxygen atoms in total. The Morgan fingerprint density at radius 1 is 1.17 bits per heavy atom. The molecule has 0 amide bonds. The van der Waals surface area contributed by atoms with Gasteiger partial charge < -0.3 is 14.0 Å². The maximum atomic E-state index is 8.94. The third-order valence-corrected chi connectivity index (χ3v) is 4.22. The zero-order valence-electron chi connectivity index (χ0n) is 13.5. The molecule has 0 N–H and O–H groups in total. The molecule has 1 aliphatic heterocycles. The van der Waals surface area contributed by atoms with Crippen molar-refractivity contribution < 1.29 is 9.47 Å². The van der Waals surface area contributed by atoms with Crippen LogP contribution in [0, 0.1) is 11.3 Å². The van der Waals surface area contributed by atoms with E-state index in [2.05, 4.69) is 17.6 Å². The molecule has 0 spiro atoms. The third-order valence-electron chi connectivity index (χ3n) is 4.22. The number of fused-ring (bicyclic) bond motifs is 2. The molecule has 0 bridgehead atoms.